The summed E-state index contributed by atoms with van der Waals surface area (Å²) >= 11 is 7.32. The van der Waals surface area contributed by atoms with Crippen molar-refractivity contribution in [3.8, 4) is 0 Å². The molecule has 0 radical (unpaired) electrons. The minimum atomic E-state index is -0.0665. The molecule has 0 saturated carbocycles. The Labute approximate surface area is 102 Å². The highest BCUT2D eigenvalue weighted by Gasteiger charge is 2.28. The molecule has 1 atom stereocenters. The van der Waals surface area contributed by atoms with E-state index < -0.39 is 0 Å². The Morgan fingerprint density at radius 2 is 2.31 bits per heavy atom. The van der Waals surface area contributed by atoms with Crippen molar-refractivity contribution in [1.82, 2.24) is 0 Å². The monoisotopic (exact) mass is 329 g/mol. The van der Waals surface area contributed by atoms with Crippen LogP contribution in [0.3, 0.4) is 0 Å². The van der Waals surface area contributed by atoms with E-state index >= 15 is 0 Å². The first kappa shape index (κ1) is 11.4. The van der Waals surface area contributed by atoms with Gasteiger partial charge in [0.1, 0.15) is 6.04 Å². The number of hydrogen-bond donors (Lipinski definition) is 1. The van der Waals surface area contributed by atoms with Gasteiger partial charge in [0.2, 0.25) is 5.78 Å². The van der Waals surface area contributed by atoms with Gasteiger partial charge in [0, 0.05) is 16.9 Å². The smallest absolute Gasteiger partial charge is 0.220 e. The van der Waals surface area contributed by atoms with Crippen LogP contribution in [0.15, 0.2) is 6.07 Å². The van der Waals surface area contributed by atoms with Crippen molar-refractivity contribution >= 4 is 28.7 Å². The molecule has 1 aliphatic carbocycles. The standard InChI is InChI=1S/C8H8ClNOS.HI/c9-7-3-4-6(12-7)2-1-5(10)8(4)11;/h3,5H,1-2,10H2;1H. The third-order valence-corrected chi connectivity index (χ3v) is 3.46. The maximum atomic E-state index is 11.5. The highest BCUT2D eigenvalue weighted by Crippen LogP contribution is 2.31. The van der Waals surface area contributed by atoms with Gasteiger partial charge in [-0.2, -0.15) is 0 Å². The molecule has 2 nitrogen and oxygen atoms in total. The first-order valence-electron chi connectivity index (χ1n) is 3.84. The van der Waals surface area contributed by atoms with Crippen LogP contribution in [0.4, 0.5) is 0 Å². The molecule has 3 N–H and O–H groups in total. The van der Waals surface area contributed by atoms with E-state index in [0.717, 1.165) is 23.3 Å². The van der Waals surface area contributed by atoms with Crippen LogP contribution in [-0.2, 0) is 6.42 Å². The average Bonchev–Trinajstić information content (AvgIpc) is 2.39. The summed E-state index contributed by atoms with van der Waals surface area (Å²) in [5.74, 6) is 0.152. The van der Waals surface area contributed by atoms with Crippen LogP contribution in [0, 0.1) is 0 Å². The Hall–Kier alpha value is 0.350. The number of aryl methyl sites for hydroxylation is 1. The number of thiophene rings is 1. The molecule has 72 valence electrons. The number of rotatable bonds is 0. The third kappa shape index (κ3) is 2.06. The molecule has 1 aromatic rings. The fourth-order valence-electron chi connectivity index (χ4n) is 1.45. The van der Waals surface area contributed by atoms with Crippen molar-refractivity contribution in [2.45, 2.75) is 18.9 Å². The molecule has 0 spiro atoms. The van der Waals surface area contributed by atoms with Crippen LogP contribution in [0.25, 0.3) is 0 Å². The maximum Gasteiger partial charge on any atom is 0.220 e. The minimum Gasteiger partial charge on any atom is -1.00 e. The van der Waals surface area contributed by atoms with Crippen LogP contribution < -0.4 is 29.7 Å². The van der Waals surface area contributed by atoms with E-state index in [4.69, 9.17) is 11.6 Å². The number of quaternary nitrogens is 1. The van der Waals surface area contributed by atoms with Gasteiger partial charge in [0.05, 0.1) is 4.34 Å². The molecule has 13 heavy (non-hydrogen) atoms. The molecule has 1 unspecified atom stereocenters. The normalized spacial score (nSPS) is 20.8. The van der Waals surface area contributed by atoms with E-state index in [1.807, 2.05) is 0 Å². The lowest BCUT2D eigenvalue weighted by atomic mass is 9.94. The Bertz CT molecular complexity index is 339. The molecule has 0 aliphatic heterocycles. The van der Waals surface area contributed by atoms with Gasteiger partial charge < -0.3 is 29.7 Å². The maximum absolute atomic E-state index is 11.5. The highest BCUT2D eigenvalue weighted by atomic mass is 127. The lowest BCUT2D eigenvalue weighted by Crippen LogP contribution is -3.00. The summed E-state index contributed by atoms with van der Waals surface area (Å²) in [6.45, 7) is 0. The Morgan fingerprint density at radius 3 is 3.00 bits per heavy atom. The van der Waals surface area contributed by atoms with Crippen LogP contribution >= 0.6 is 22.9 Å². The lowest BCUT2D eigenvalue weighted by molar-refractivity contribution is -0.400. The number of Topliss-reactive ketones (excluding diaryl/α,β-unsaturated/α-hetero) is 1. The molecule has 0 bridgehead atoms. The van der Waals surface area contributed by atoms with Gasteiger partial charge in [-0.1, -0.05) is 11.6 Å². The zero-order chi connectivity index (χ0) is 8.72. The van der Waals surface area contributed by atoms with Gasteiger partial charge in [0.15, 0.2) is 0 Å². The molecule has 0 aromatic carbocycles. The van der Waals surface area contributed by atoms with Gasteiger partial charge in [0.25, 0.3) is 0 Å². The molecule has 5 heteroatoms. The second kappa shape index (κ2) is 4.25. The molecule has 0 amide bonds. The van der Waals surface area contributed by atoms with Crippen LogP contribution in [0.2, 0.25) is 4.34 Å². The molecule has 1 aromatic heterocycles. The first-order valence-corrected chi connectivity index (χ1v) is 5.03. The van der Waals surface area contributed by atoms with E-state index in [1.165, 1.54) is 11.3 Å². The SMILES string of the molecule is [I-].[NH3+]C1CCc2sc(Cl)cc2C1=O. The summed E-state index contributed by atoms with van der Waals surface area (Å²) in [7, 11) is 0. The predicted molar refractivity (Wildman–Crippen MR) is 48.7 cm³/mol. The van der Waals surface area contributed by atoms with E-state index in [9.17, 15) is 4.79 Å². The average molecular weight is 330 g/mol. The molecule has 0 saturated heterocycles. The number of hydrogen-bond acceptors (Lipinski definition) is 2. The van der Waals surface area contributed by atoms with Gasteiger partial charge in [-0.05, 0) is 12.5 Å². The number of fused-ring (bicyclic) bond motifs is 1. The van der Waals surface area contributed by atoms with Crippen LogP contribution in [-0.4, -0.2) is 11.8 Å². The lowest BCUT2D eigenvalue weighted by Gasteiger charge is -2.12. The minimum absolute atomic E-state index is 0. The fourth-order valence-corrected chi connectivity index (χ4v) is 2.74. The second-order valence-electron chi connectivity index (χ2n) is 2.99. The van der Waals surface area contributed by atoms with E-state index in [2.05, 4.69) is 5.73 Å². The van der Waals surface area contributed by atoms with Gasteiger partial charge in [-0.15, -0.1) is 11.3 Å². The third-order valence-electron chi connectivity index (χ3n) is 2.14. The summed E-state index contributed by atoms with van der Waals surface area (Å²) in [5.41, 5.74) is 4.60. The predicted octanol–water partition coefficient (Wildman–Crippen LogP) is -1.86. The molecule has 0 fully saturated rings. The van der Waals surface area contributed by atoms with Crippen molar-refractivity contribution < 1.29 is 34.5 Å². The Balaban J connectivity index is 0.000000845. The number of carbonyl (C=O) groups is 1. The zero-order valence-corrected chi connectivity index (χ0v) is 10.6. The van der Waals surface area contributed by atoms with Crippen molar-refractivity contribution in [2.75, 3.05) is 0 Å². The quantitative estimate of drug-likeness (QED) is 0.558. The number of carbonyl (C=O) groups excluding carboxylic acids is 1. The van der Waals surface area contributed by atoms with Crippen molar-refractivity contribution in [3.63, 3.8) is 0 Å². The summed E-state index contributed by atoms with van der Waals surface area (Å²) in [6.07, 6.45) is 1.81. The molecule has 1 heterocycles. The topological polar surface area (TPSA) is 44.7 Å². The van der Waals surface area contributed by atoms with Crippen molar-refractivity contribution in [3.05, 3.63) is 20.8 Å². The van der Waals surface area contributed by atoms with Crippen LogP contribution in [0.5, 0.6) is 0 Å². The highest BCUT2D eigenvalue weighted by molar-refractivity contribution is 7.16. The summed E-state index contributed by atoms with van der Waals surface area (Å²) in [5, 5.41) is 0. The van der Waals surface area contributed by atoms with Crippen molar-refractivity contribution in [1.29, 1.82) is 0 Å². The molecule has 2 rings (SSSR count). The molecular weight excluding hydrogens is 321 g/mol. The van der Waals surface area contributed by atoms with Gasteiger partial charge in [-0.3, -0.25) is 4.79 Å². The summed E-state index contributed by atoms with van der Waals surface area (Å²) < 4.78 is 0.711. The molecule has 1 aliphatic rings. The molecular formula is C8H9ClINOS. The Morgan fingerprint density at radius 1 is 1.62 bits per heavy atom. The second-order valence-corrected chi connectivity index (χ2v) is 4.76. The van der Waals surface area contributed by atoms with Crippen molar-refractivity contribution in [2.24, 2.45) is 0 Å². The first-order chi connectivity index (χ1) is 5.68. The summed E-state index contributed by atoms with van der Waals surface area (Å²) in [6, 6.07) is 1.70. The number of ketones is 1. The van der Waals surface area contributed by atoms with E-state index in [-0.39, 0.29) is 35.8 Å². The van der Waals surface area contributed by atoms with Crippen LogP contribution in [0.1, 0.15) is 21.7 Å². The summed E-state index contributed by atoms with van der Waals surface area (Å²) in [4.78, 5) is 12.6. The zero-order valence-electron chi connectivity index (χ0n) is 6.85. The Kier molecular flexibility index (Phi) is 3.73. The van der Waals surface area contributed by atoms with E-state index in [0.29, 0.717) is 4.34 Å². The largest absolute Gasteiger partial charge is 1.00 e. The fraction of sp³-hybridized carbons (Fsp3) is 0.375. The number of halogens is 2. The van der Waals surface area contributed by atoms with E-state index in [1.54, 1.807) is 6.07 Å². The van der Waals surface area contributed by atoms with Gasteiger partial charge in [-0.25, -0.2) is 0 Å². The van der Waals surface area contributed by atoms with Gasteiger partial charge >= 0.3 is 0 Å².